The molecular weight excluding hydrogens is 203 g/mol. The monoisotopic (exact) mass is 220 g/mol. The van der Waals surface area contributed by atoms with Crippen LogP contribution in [0.1, 0.15) is 25.5 Å². The first-order valence-electron chi connectivity index (χ1n) is 5.60. The number of halogens is 1. The van der Waals surface area contributed by atoms with E-state index in [-0.39, 0.29) is 5.82 Å². The summed E-state index contributed by atoms with van der Waals surface area (Å²) in [6, 6.07) is 5.16. The van der Waals surface area contributed by atoms with Crippen LogP contribution in [0.5, 0.6) is 0 Å². The molecule has 1 aromatic carbocycles. The zero-order chi connectivity index (χ0) is 11.7. The van der Waals surface area contributed by atoms with E-state index in [0.717, 1.165) is 23.0 Å². The third-order valence-electron chi connectivity index (χ3n) is 3.29. The van der Waals surface area contributed by atoms with E-state index in [2.05, 4.69) is 30.8 Å². The number of benzene rings is 1. The van der Waals surface area contributed by atoms with Crippen molar-refractivity contribution in [3.63, 3.8) is 0 Å². The van der Waals surface area contributed by atoms with E-state index in [4.69, 9.17) is 0 Å². The van der Waals surface area contributed by atoms with Crippen molar-refractivity contribution in [2.75, 3.05) is 13.6 Å². The zero-order valence-electron chi connectivity index (χ0n) is 9.92. The fraction of sp³-hybridized carbons (Fsp3) is 0.385. The predicted molar refractivity (Wildman–Crippen MR) is 65.0 cm³/mol. The van der Waals surface area contributed by atoms with Crippen molar-refractivity contribution in [2.45, 2.75) is 19.9 Å². The van der Waals surface area contributed by atoms with E-state index < -0.39 is 0 Å². The third kappa shape index (κ3) is 1.83. The first-order valence-corrected chi connectivity index (χ1v) is 5.60. The van der Waals surface area contributed by atoms with Crippen molar-refractivity contribution in [3.05, 3.63) is 35.8 Å². The summed E-state index contributed by atoms with van der Waals surface area (Å²) in [5.74, 6) is -0.181. The van der Waals surface area contributed by atoms with Gasteiger partial charge in [0, 0.05) is 23.1 Å². The van der Waals surface area contributed by atoms with Crippen molar-refractivity contribution in [3.8, 4) is 0 Å². The summed E-state index contributed by atoms with van der Waals surface area (Å²) in [4.78, 5) is 5.41. The Morgan fingerprint density at radius 2 is 2.19 bits per heavy atom. The van der Waals surface area contributed by atoms with Crippen LogP contribution in [0.3, 0.4) is 0 Å². The van der Waals surface area contributed by atoms with Crippen LogP contribution in [0.2, 0.25) is 0 Å². The van der Waals surface area contributed by atoms with E-state index in [1.807, 2.05) is 6.20 Å². The lowest BCUT2D eigenvalue weighted by Crippen LogP contribution is -2.21. The SMILES string of the molecule is CCN(C)C(C)c1c[nH]c2ccc(F)cc12. The summed E-state index contributed by atoms with van der Waals surface area (Å²) in [6.07, 6.45) is 1.97. The second kappa shape index (κ2) is 4.26. The number of aromatic nitrogens is 1. The van der Waals surface area contributed by atoms with Gasteiger partial charge in [0.05, 0.1) is 0 Å². The number of nitrogens with zero attached hydrogens (tertiary/aromatic N) is 1. The Kier molecular flexibility index (Phi) is 2.97. The number of rotatable bonds is 3. The molecule has 1 N–H and O–H groups in total. The fourth-order valence-electron chi connectivity index (χ4n) is 1.97. The minimum atomic E-state index is -0.181. The molecule has 2 nitrogen and oxygen atoms in total. The van der Waals surface area contributed by atoms with Gasteiger partial charge in [-0.3, -0.25) is 4.90 Å². The second-order valence-corrected chi connectivity index (χ2v) is 4.18. The molecule has 3 heteroatoms. The maximum absolute atomic E-state index is 13.2. The van der Waals surface area contributed by atoms with Gasteiger partial charge in [-0.2, -0.15) is 0 Å². The Morgan fingerprint density at radius 1 is 1.44 bits per heavy atom. The molecule has 0 radical (unpaired) electrons. The van der Waals surface area contributed by atoms with Gasteiger partial charge in [-0.15, -0.1) is 0 Å². The minimum absolute atomic E-state index is 0.181. The normalized spacial score (nSPS) is 13.6. The van der Waals surface area contributed by atoms with Gasteiger partial charge in [-0.1, -0.05) is 6.92 Å². The molecule has 0 saturated carbocycles. The van der Waals surface area contributed by atoms with Gasteiger partial charge in [-0.05, 0) is 44.3 Å². The molecule has 1 aromatic heterocycles. The Bertz CT molecular complexity index is 490. The summed E-state index contributed by atoms with van der Waals surface area (Å²) in [5.41, 5.74) is 2.15. The van der Waals surface area contributed by atoms with E-state index in [1.165, 1.54) is 6.07 Å². The molecule has 0 spiro atoms. The highest BCUT2D eigenvalue weighted by molar-refractivity contribution is 5.83. The van der Waals surface area contributed by atoms with Crippen LogP contribution in [0.15, 0.2) is 24.4 Å². The lowest BCUT2D eigenvalue weighted by atomic mass is 10.1. The Balaban J connectivity index is 2.48. The van der Waals surface area contributed by atoms with Crippen LogP contribution >= 0.6 is 0 Å². The highest BCUT2D eigenvalue weighted by Crippen LogP contribution is 2.27. The van der Waals surface area contributed by atoms with Crippen LogP contribution in [-0.2, 0) is 0 Å². The smallest absolute Gasteiger partial charge is 0.123 e. The topological polar surface area (TPSA) is 19.0 Å². The average Bonchev–Trinajstić information content (AvgIpc) is 2.69. The van der Waals surface area contributed by atoms with E-state index >= 15 is 0 Å². The van der Waals surface area contributed by atoms with Gasteiger partial charge in [0.1, 0.15) is 5.82 Å². The molecule has 0 fully saturated rings. The Labute approximate surface area is 95.1 Å². The van der Waals surface area contributed by atoms with Crippen molar-refractivity contribution < 1.29 is 4.39 Å². The first kappa shape index (κ1) is 11.1. The van der Waals surface area contributed by atoms with Gasteiger partial charge >= 0.3 is 0 Å². The van der Waals surface area contributed by atoms with Crippen LogP contribution in [-0.4, -0.2) is 23.5 Å². The largest absolute Gasteiger partial charge is 0.361 e. The quantitative estimate of drug-likeness (QED) is 0.840. The number of nitrogens with one attached hydrogen (secondary N) is 1. The summed E-state index contributed by atoms with van der Waals surface area (Å²) < 4.78 is 13.2. The summed E-state index contributed by atoms with van der Waals surface area (Å²) >= 11 is 0. The Morgan fingerprint density at radius 3 is 2.88 bits per heavy atom. The summed E-state index contributed by atoms with van der Waals surface area (Å²) in [5, 5.41) is 0.979. The highest BCUT2D eigenvalue weighted by atomic mass is 19.1. The maximum Gasteiger partial charge on any atom is 0.123 e. The molecule has 1 unspecified atom stereocenters. The molecule has 0 amide bonds. The molecule has 1 atom stereocenters. The summed E-state index contributed by atoms with van der Waals surface area (Å²) in [7, 11) is 2.07. The average molecular weight is 220 g/mol. The highest BCUT2D eigenvalue weighted by Gasteiger charge is 2.14. The number of H-pyrrole nitrogens is 1. The Hall–Kier alpha value is -1.35. The molecule has 2 aromatic rings. The predicted octanol–water partition coefficient (Wildman–Crippen LogP) is 3.32. The lowest BCUT2D eigenvalue weighted by molar-refractivity contribution is 0.277. The zero-order valence-corrected chi connectivity index (χ0v) is 9.92. The van der Waals surface area contributed by atoms with Crippen molar-refractivity contribution in [1.29, 1.82) is 0 Å². The first-order chi connectivity index (χ1) is 7.63. The van der Waals surface area contributed by atoms with Crippen LogP contribution in [0.25, 0.3) is 10.9 Å². The van der Waals surface area contributed by atoms with Crippen molar-refractivity contribution in [1.82, 2.24) is 9.88 Å². The number of fused-ring (bicyclic) bond motifs is 1. The number of hydrogen-bond donors (Lipinski definition) is 1. The molecule has 86 valence electrons. The molecule has 16 heavy (non-hydrogen) atoms. The van der Waals surface area contributed by atoms with Gasteiger partial charge in [0.2, 0.25) is 0 Å². The van der Waals surface area contributed by atoms with E-state index in [9.17, 15) is 4.39 Å². The minimum Gasteiger partial charge on any atom is -0.361 e. The fourth-order valence-corrected chi connectivity index (χ4v) is 1.97. The van der Waals surface area contributed by atoms with Gasteiger partial charge in [0.15, 0.2) is 0 Å². The second-order valence-electron chi connectivity index (χ2n) is 4.18. The molecule has 0 aliphatic carbocycles. The standard InChI is InChI=1S/C13H17FN2/c1-4-16(3)9(2)12-8-15-13-6-5-10(14)7-11(12)13/h5-9,15H,4H2,1-3H3. The van der Waals surface area contributed by atoms with E-state index in [1.54, 1.807) is 12.1 Å². The van der Waals surface area contributed by atoms with Crippen LogP contribution in [0.4, 0.5) is 4.39 Å². The maximum atomic E-state index is 13.2. The van der Waals surface area contributed by atoms with E-state index in [0.29, 0.717) is 6.04 Å². The van der Waals surface area contributed by atoms with Crippen LogP contribution in [0, 0.1) is 5.82 Å². The molecule has 0 aliphatic heterocycles. The van der Waals surface area contributed by atoms with Gasteiger partial charge in [-0.25, -0.2) is 4.39 Å². The summed E-state index contributed by atoms with van der Waals surface area (Å²) in [6.45, 7) is 5.23. The van der Waals surface area contributed by atoms with Crippen molar-refractivity contribution in [2.24, 2.45) is 0 Å². The lowest BCUT2D eigenvalue weighted by Gasteiger charge is -2.22. The molecule has 1 heterocycles. The third-order valence-corrected chi connectivity index (χ3v) is 3.29. The molecule has 0 aliphatic rings. The van der Waals surface area contributed by atoms with Crippen molar-refractivity contribution >= 4 is 10.9 Å². The molecule has 0 bridgehead atoms. The van der Waals surface area contributed by atoms with Crippen LogP contribution < -0.4 is 0 Å². The number of aromatic amines is 1. The molecule has 0 saturated heterocycles. The molecular formula is C13H17FN2. The van der Waals surface area contributed by atoms with Gasteiger partial charge in [0.25, 0.3) is 0 Å². The van der Waals surface area contributed by atoms with Gasteiger partial charge < -0.3 is 4.98 Å². The molecule has 2 rings (SSSR count). The number of hydrogen-bond acceptors (Lipinski definition) is 1.